The normalized spacial score (nSPS) is 18.7. The van der Waals surface area contributed by atoms with E-state index in [-0.39, 0.29) is 17.9 Å². The summed E-state index contributed by atoms with van der Waals surface area (Å²) in [5.74, 6) is 0.479. The third-order valence-corrected chi connectivity index (χ3v) is 3.64. The van der Waals surface area contributed by atoms with Crippen LogP contribution in [0.25, 0.3) is 10.9 Å². The second-order valence-electron chi connectivity index (χ2n) is 5.10. The van der Waals surface area contributed by atoms with Gasteiger partial charge in [0, 0.05) is 37.3 Å². The van der Waals surface area contributed by atoms with Crippen molar-refractivity contribution in [2.75, 3.05) is 19.6 Å². The van der Waals surface area contributed by atoms with Crippen molar-refractivity contribution in [1.82, 2.24) is 15.2 Å². The molecule has 0 saturated carbocycles. The van der Waals surface area contributed by atoms with Gasteiger partial charge in [0.1, 0.15) is 17.0 Å². The molecule has 1 aromatic carbocycles. The van der Waals surface area contributed by atoms with Crippen molar-refractivity contribution in [2.24, 2.45) is 0 Å². The van der Waals surface area contributed by atoms with Crippen LogP contribution in [-0.2, 0) is 0 Å². The van der Waals surface area contributed by atoms with Gasteiger partial charge in [0.15, 0.2) is 0 Å². The Balaban J connectivity index is 1.88. The number of hydrogen-bond acceptors (Lipinski definition) is 5. The number of phenolic OH excluding ortho intramolecular Hbond substituents is 1. The second-order valence-corrected chi connectivity index (χ2v) is 5.10. The molecule has 1 saturated heterocycles. The number of nitrogens with zero attached hydrogens (tertiary/aromatic N) is 2. The van der Waals surface area contributed by atoms with Crippen molar-refractivity contribution in [3.05, 3.63) is 30.5 Å². The average molecular weight is 287 g/mol. The highest BCUT2D eigenvalue weighted by Crippen LogP contribution is 2.31. The third-order valence-electron chi connectivity index (χ3n) is 3.64. The standard InChI is InChI=1S/C15H17N3O3/c1-10-9-16-7-8-18(10)15(20)21-13-5-4-12(19)14-11(13)3-2-6-17-14/h2-6,10,16,19H,7-9H2,1H3. The average Bonchev–Trinajstić information content (AvgIpc) is 2.51. The Bertz CT molecular complexity index is 674. The van der Waals surface area contributed by atoms with E-state index in [4.69, 9.17) is 4.74 Å². The van der Waals surface area contributed by atoms with Gasteiger partial charge in [0.05, 0.1) is 0 Å². The fourth-order valence-electron chi connectivity index (χ4n) is 2.49. The number of phenols is 1. The molecule has 1 aliphatic rings. The maximum atomic E-state index is 12.3. The molecular weight excluding hydrogens is 270 g/mol. The minimum absolute atomic E-state index is 0.0703. The first-order valence-electron chi connectivity index (χ1n) is 6.92. The largest absolute Gasteiger partial charge is 0.506 e. The van der Waals surface area contributed by atoms with E-state index >= 15 is 0 Å². The summed E-state index contributed by atoms with van der Waals surface area (Å²) in [7, 11) is 0. The summed E-state index contributed by atoms with van der Waals surface area (Å²) >= 11 is 0. The molecule has 110 valence electrons. The maximum Gasteiger partial charge on any atom is 0.415 e. The Morgan fingerprint density at radius 2 is 2.33 bits per heavy atom. The lowest BCUT2D eigenvalue weighted by atomic mass is 10.2. The zero-order valence-electron chi connectivity index (χ0n) is 11.7. The number of carbonyl (C=O) groups excluding carboxylic acids is 1. The van der Waals surface area contributed by atoms with Gasteiger partial charge in [-0.3, -0.25) is 4.98 Å². The van der Waals surface area contributed by atoms with Gasteiger partial charge in [-0.25, -0.2) is 4.79 Å². The number of amides is 1. The van der Waals surface area contributed by atoms with Crippen molar-refractivity contribution >= 4 is 17.0 Å². The summed E-state index contributed by atoms with van der Waals surface area (Å²) in [6.45, 7) is 4.11. The molecule has 0 spiro atoms. The molecule has 21 heavy (non-hydrogen) atoms. The Morgan fingerprint density at radius 1 is 1.48 bits per heavy atom. The van der Waals surface area contributed by atoms with Gasteiger partial charge in [-0.2, -0.15) is 0 Å². The van der Waals surface area contributed by atoms with Crippen LogP contribution in [0.5, 0.6) is 11.5 Å². The number of aromatic hydroxyl groups is 1. The van der Waals surface area contributed by atoms with Crippen LogP contribution in [0, 0.1) is 0 Å². The number of carbonyl (C=O) groups is 1. The number of rotatable bonds is 1. The van der Waals surface area contributed by atoms with Crippen LogP contribution in [0.3, 0.4) is 0 Å². The predicted octanol–water partition coefficient (Wildman–Crippen LogP) is 1.73. The van der Waals surface area contributed by atoms with Gasteiger partial charge < -0.3 is 20.1 Å². The highest BCUT2D eigenvalue weighted by molar-refractivity contribution is 5.91. The lowest BCUT2D eigenvalue weighted by Gasteiger charge is -2.32. The number of ether oxygens (including phenoxy) is 1. The molecule has 6 heteroatoms. The van der Waals surface area contributed by atoms with E-state index in [9.17, 15) is 9.90 Å². The first kappa shape index (κ1) is 13.6. The number of pyridine rings is 1. The second kappa shape index (κ2) is 5.57. The first-order chi connectivity index (χ1) is 10.2. The molecule has 0 aliphatic carbocycles. The Hall–Kier alpha value is -2.34. The minimum atomic E-state index is -0.375. The van der Waals surface area contributed by atoms with Crippen molar-refractivity contribution in [3.8, 4) is 11.5 Å². The van der Waals surface area contributed by atoms with Crippen molar-refractivity contribution in [3.63, 3.8) is 0 Å². The van der Waals surface area contributed by atoms with Crippen LogP contribution < -0.4 is 10.1 Å². The van der Waals surface area contributed by atoms with Crippen LogP contribution in [0.2, 0.25) is 0 Å². The summed E-state index contributed by atoms with van der Waals surface area (Å²) in [6, 6.07) is 6.68. The van der Waals surface area contributed by atoms with E-state index in [2.05, 4.69) is 10.3 Å². The van der Waals surface area contributed by atoms with Gasteiger partial charge in [0.25, 0.3) is 0 Å². The number of nitrogens with one attached hydrogen (secondary N) is 1. The van der Waals surface area contributed by atoms with Crippen molar-refractivity contribution < 1.29 is 14.6 Å². The van der Waals surface area contributed by atoms with E-state index in [1.54, 1.807) is 29.3 Å². The molecule has 0 radical (unpaired) electrons. The number of aromatic nitrogens is 1. The molecule has 6 nitrogen and oxygen atoms in total. The number of piperazine rings is 1. The molecule has 1 amide bonds. The quantitative estimate of drug-likeness (QED) is 0.835. The number of benzene rings is 1. The predicted molar refractivity (Wildman–Crippen MR) is 78.5 cm³/mol. The van der Waals surface area contributed by atoms with Gasteiger partial charge in [-0.15, -0.1) is 0 Å². The van der Waals surface area contributed by atoms with E-state index in [0.29, 0.717) is 23.2 Å². The van der Waals surface area contributed by atoms with Gasteiger partial charge in [0.2, 0.25) is 0 Å². The number of hydrogen-bond donors (Lipinski definition) is 2. The summed E-state index contributed by atoms with van der Waals surface area (Å²) in [5.41, 5.74) is 0.427. The van der Waals surface area contributed by atoms with E-state index in [0.717, 1.165) is 13.1 Å². The molecule has 1 atom stereocenters. The summed E-state index contributed by atoms with van der Waals surface area (Å²) in [5, 5.41) is 13.6. The minimum Gasteiger partial charge on any atom is -0.506 e. The Kier molecular flexibility index (Phi) is 3.62. The monoisotopic (exact) mass is 287 g/mol. The zero-order chi connectivity index (χ0) is 14.8. The maximum absolute atomic E-state index is 12.3. The van der Waals surface area contributed by atoms with Crippen LogP contribution >= 0.6 is 0 Å². The van der Waals surface area contributed by atoms with Gasteiger partial charge in [-0.05, 0) is 31.2 Å². The molecule has 1 unspecified atom stereocenters. The summed E-state index contributed by atoms with van der Waals surface area (Å²) < 4.78 is 5.50. The zero-order valence-corrected chi connectivity index (χ0v) is 11.7. The molecule has 3 rings (SSSR count). The highest BCUT2D eigenvalue weighted by atomic mass is 16.6. The molecule has 1 fully saturated rings. The molecule has 2 heterocycles. The lowest BCUT2D eigenvalue weighted by molar-refractivity contribution is 0.124. The SMILES string of the molecule is CC1CNCCN1C(=O)Oc1ccc(O)c2ncccc12. The first-order valence-corrected chi connectivity index (χ1v) is 6.92. The van der Waals surface area contributed by atoms with E-state index < -0.39 is 0 Å². The Morgan fingerprint density at radius 3 is 3.14 bits per heavy atom. The molecule has 0 bridgehead atoms. The summed E-state index contributed by atoms with van der Waals surface area (Å²) in [4.78, 5) is 18.1. The molecule has 1 aliphatic heterocycles. The molecule has 2 N–H and O–H groups in total. The van der Waals surface area contributed by atoms with E-state index in [1.165, 1.54) is 6.07 Å². The van der Waals surface area contributed by atoms with Crippen molar-refractivity contribution in [1.29, 1.82) is 0 Å². The van der Waals surface area contributed by atoms with E-state index in [1.807, 2.05) is 6.92 Å². The van der Waals surface area contributed by atoms with Crippen LogP contribution in [-0.4, -0.2) is 46.8 Å². The van der Waals surface area contributed by atoms with Crippen LogP contribution in [0.1, 0.15) is 6.92 Å². The topological polar surface area (TPSA) is 74.7 Å². The smallest absolute Gasteiger partial charge is 0.415 e. The highest BCUT2D eigenvalue weighted by Gasteiger charge is 2.25. The lowest BCUT2D eigenvalue weighted by Crippen LogP contribution is -2.53. The number of fused-ring (bicyclic) bond motifs is 1. The molecule has 1 aromatic heterocycles. The van der Waals surface area contributed by atoms with Crippen molar-refractivity contribution in [2.45, 2.75) is 13.0 Å². The fourth-order valence-corrected chi connectivity index (χ4v) is 2.49. The van der Waals surface area contributed by atoms with Gasteiger partial charge in [-0.1, -0.05) is 0 Å². The molecular formula is C15H17N3O3. The Labute approximate surface area is 122 Å². The van der Waals surface area contributed by atoms with Gasteiger partial charge >= 0.3 is 6.09 Å². The van der Waals surface area contributed by atoms with Crippen LogP contribution in [0.15, 0.2) is 30.5 Å². The van der Waals surface area contributed by atoms with Crippen LogP contribution in [0.4, 0.5) is 4.79 Å². The molecule has 2 aromatic rings. The third kappa shape index (κ3) is 2.62. The summed E-state index contributed by atoms with van der Waals surface area (Å²) in [6.07, 6.45) is 1.21. The fraction of sp³-hybridized carbons (Fsp3) is 0.333.